The number of nitrogens with two attached hydrogens (primary N) is 1. The van der Waals surface area contributed by atoms with E-state index in [0.29, 0.717) is 30.0 Å². The van der Waals surface area contributed by atoms with Crippen LogP contribution in [0.15, 0.2) is 66.7 Å². The first kappa shape index (κ1) is 16.1. The van der Waals surface area contributed by atoms with Gasteiger partial charge in [-0.25, -0.2) is 8.78 Å². The van der Waals surface area contributed by atoms with E-state index >= 15 is 0 Å². The van der Waals surface area contributed by atoms with Gasteiger partial charge in [-0.2, -0.15) is 0 Å². The van der Waals surface area contributed by atoms with Crippen LogP contribution in [0.4, 0.5) is 8.78 Å². The van der Waals surface area contributed by atoms with E-state index in [1.165, 1.54) is 12.1 Å². The number of ether oxygens (including phenoxy) is 1. The molecule has 24 heavy (non-hydrogen) atoms. The van der Waals surface area contributed by atoms with E-state index < -0.39 is 11.6 Å². The summed E-state index contributed by atoms with van der Waals surface area (Å²) in [6.45, 7) is 0.707. The maximum Gasteiger partial charge on any atom is 0.134 e. The molecule has 3 rings (SSSR count). The van der Waals surface area contributed by atoms with Crippen molar-refractivity contribution in [3.63, 3.8) is 0 Å². The van der Waals surface area contributed by atoms with Gasteiger partial charge in [0, 0.05) is 23.7 Å². The molecule has 0 aliphatic heterocycles. The molecular formula is C20H17F2NO. The quantitative estimate of drug-likeness (QED) is 0.740. The lowest BCUT2D eigenvalue weighted by atomic mass is 10.0. The van der Waals surface area contributed by atoms with Crippen LogP contribution >= 0.6 is 0 Å². The summed E-state index contributed by atoms with van der Waals surface area (Å²) in [5.41, 5.74) is 8.43. The molecule has 0 bridgehead atoms. The van der Waals surface area contributed by atoms with Crippen LogP contribution in [0.1, 0.15) is 11.1 Å². The van der Waals surface area contributed by atoms with E-state index in [9.17, 15) is 8.78 Å². The maximum absolute atomic E-state index is 14.1. The van der Waals surface area contributed by atoms with Crippen molar-refractivity contribution < 1.29 is 13.5 Å². The third kappa shape index (κ3) is 3.60. The fourth-order valence-electron chi connectivity index (χ4n) is 2.48. The standard InChI is InChI=1S/C20H17F2NO/c21-16-7-9-17(19(22)11-16)18-8-6-15(12-23)10-20(18)24-13-14-4-2-1-3-5-14/h1-11H,12-13,23H2. The number of halogens is 2. The highest BCUT2D eigenvalue weighted by molar-refractivity contribution is 5.71. The van der Waals surface area contributed by atoms with Crippen LogP contribution in [0.5, 0.6) is 5.75 Å². The third-order valence-electron chi connectivity index (χ3n) is 3.74. The highest BCUT2D eigenvalue weighted by Gasteiger charge is 2.13. The molecule has 0 amide bonds. The van der Waals surface area contributed by atoms with Gasteiger partial charge in [0.25, 0.3) is 0 Å². The van der Waals surface area contributed by atoms with Gasteiger partial charge in [0.05, 0.1) is 0 Å². The minimum atomic E-state index is -0.625. The van der Waals surface area contributed by atoms with Gasteiger partial charge in [0.2, 0.25) is 0 Å². The van der Waals surface area contributed by atoms with Crippen molar-refractivity contribution in [3.8, 4) is 16.9 Å². The first-order valence-electron chi connectivity index (χ1n) is 7.62. The monoisotopic (exact) mass is 325 g/mol. The van der Waals surface area contributed by atoms with Gasteiger partial charge in [0.15, 0.2) is 0 Å². The predicted molar refractivity (Wildman–Crippen MR) is 90.5 cm³/mol. The van der Waals surface area contributed by atoms with Crippen molar-refractivity contribution >= 4 is 0 Å². The fourth-order valence-corrected chi connectivity index (χ4v) is 2.48. The van der Waals surface area contributed by atoms with Crippen LogP contribution in [-0.2, 0) is 13.2 Å². The molecule has 0 unspecified atom stereocenters. The zero-order valence-electron chi connectivity index (χ0n) is 13.0. The largest absolute Gasteiger partial charge is 0.488 e. The minimum absolute atomic E-state index is 0.294. The van der Waals surface area contributed by atoms with Gasteiger partial charge in [-0.1, -0.05) is 42.5 Å². The third-order valence-corrected chi connectivity index (χ3v) is 3.74. The fraction of sp³-hybridized carbons (Fsp3) is 0.100. The maximum atomic E-state index is 14.1. The van der Waals surface area contributed by atoms with E-state index in [0.717, 1.165) is 17.2 Å². The van der Waals surface area contributed by atoms with Crippen LogP contribution in [0.25, 0.3) is 11.1 Å². The lowest BCUT2D eigenvalue weighted by Crippen LogP contribution is -2.01. The Morgan fingerprint density at radius 1 is 0.792 bits per heavy atom. The molecular weight excluding hydrogens is 308 g/mol. The van der Waals surface area contributed by atoms with Crippen molar-refractivity contribution in [2.24, 2.45) is 5.73 Å². The predicted octanol–water partition coefficient (Wildman–Crippen LogP) is 4.67. The normalized spacial score (nSPS) is 10.6. The number of hydrogen-bond acceptors (Lipinski definition) is 2. The Hall–Kier alpha value is -2.72. The summed E-state index contributed by atoms with van der Waals surface area (Å²) < 4.78 is 33.2. The number of hydrogen-bond donors (Lipinski definition) is 1. The Morgan fingerprint density at radius 3 is 2.25 bits per heavy atom. The summed E-state index contributed by atoms with van der Waals surface area (Å²) in [6.07, 6.45) is 0. The average Bonchev–Trinajstić information content (AvgIpc) is 2.61. The minimum Gasteiger partial charge on any atom is -0.488 e. The van der Waals surface area contributed by atoms with Gasteiger partial charge in [-0.3, -0.25) is 0 Å². The average molecular weight is 325 g/mol. The molecule has 0 aliphatic rings. The van der Waals surface area contributed by atoms with Gasteiger partial charge in [-0.15, -0.1) is 0 Å². The van der Waals surface area contributed by atoms with E-state index in [1.54, 1.807) is 12.1 Å². The Morgan fingerprint density at radius 2 is 1.54 bits per heavy atom. The Bertz CT molecular complexity index is 834. The Kier molecular flexibility index (Phi) is 4.87. The Labute approximate surface area is 139 Å². The molecule has 3 aromatic rings. The van der Waals surface area contributed by atoms with Gasteiger partial charge in [-0.05, 0) is 29.3 Å². The summed E-state index contributed by atoms with van der Waals surface area (Å²) in [7, 11) is 0. The molecule has 2 N–H and O–H groups in total. The van der Waals surface area contributed by atoms with E-state index in [2.05, 4.69) is 0 Å². The first-order valence-corrected chi connectivity index (χ1v) is 7.62. The van der Waals surface area contributed by atoms with Gasteiger partial charge in [0.1, 0.15) is 24.0 Å². The van der Waals surface area contributed by atoms with Crippen molar-refractivity contribution in [3.05, 3.63) is 89.5 Å². The highest BCUT2D eigenvalue weighted by Crippen LogP contribution is 2.33. The van der Waals surface area contributed by atoms with Crippen LogP contribution in [0.2, 0.25) is 0 Å². The lowest BCUT2D eigenvalue weighted by molar-refractivity contribution is 0.307. The molecule has 4 heteroatoms. The van der Waals surface area contributed by atoms with E-state index in [-0.39, 0.29) is 0 Å². The second-order valence-electron chi connectivity index (χ2n) is 5.43. The molecule has 122 valence electrons. The summed E-state index contributed by atoms with van der Waals surface area (Å²) >= 11 is 0. The lowest BCUT2D eigenvalue weighted by Gasteiger charge is -2.14. The molecule has 0 atom stereocenters. The molecule has 0 fully saturated rings. The van der Waals surface area contributed by atoms with Crippen LogP contribution in [0.3, 0.4) is 0 Å². The second-order valence-corrected chi connectivity index (χ2v) is 5.43. The number of rotatable bonds is 5. The van der Waals surface area contributed by atoms with E-state index in [1.807, 2.05) is 36.4 Å². The van der Waals surface area contributed by atoms with Crippen LogP contribution in [-0.4, -0.2) is 0 Å². The summed E-state index contributed by atoms with van der Waals surface area (Å²) in [6, 6.07) is 18.5. The zero-order valence-corrected chi connectivity index (χ0v) is 13.0. The van der Waals surface area contributed by atoms with Crippen molar-refractivity contribution in [2.75, 3.05) is 0 Å². The summed E-state index contributed by atoms with van der Waals surface area (Å²) in [5, 5.41) is 0. The molecule has 0 spiro atoms. The smallest absolute Gasteiger partial charge is 0.134 e. The van der Waals surface area contributed by atoms with Gasteiger partial charge >= 0.3 is 0 Å². The Balaban J connectivity index is 1.96. The molecule has 0 radical (unpaired) electrons. The highest BCUT2D eigenvalue weighted by atomic mass is 19.1. The molecule has 3 aromatic carbocycles. The molecule has 0 heterocycles. The van der Waals surface area contributed by atoms with Crippen molar-refractivity contribution in [1.29, 1.82) is 0 Å². The van der Waals surface area contributed by atoms with Crippen molar-refractivity contribution in [2.45, 2.75) is 13.2 Å². The number of benzene rings is 3. The van der Waals surface area contributed by atoms with E-state index in [4.69, 9.17) is 10.5 Å². The van der Waals surface area contributed by atoms with Gasteiger partial charge < -0.3 is 10.5 Å². The zero-order chi connectivity index (χ0) is 16.9. The van der Waals surface area contributed by atoms with Crippen LogP contribution in [0, 0.1) is 11.6 Å². The summed E-state index contributed by atoms with van der Waals surface area (Å²) in [5.74, 6) is -0.714. The molecule has 0 aliphatic carbocycles. The van der Waals surface area contributed by atoms with Crippen molar-refractivity contribution in [1.82, 2.24) is 0 Å². The molecule has 0 aromatic heterocycles. The first-order chi connectivity index (χ1) is 11.7. The second kappa shape index (κ2) is 7.23. The molecule has 2 nitrogen and oxygen atoms in total. The SMILES string of the molecule is NCc1ccc(-c2ccc(F)cc2F)c(OCc2ccccc2)c1. The molecule has 0 saturated heterocycles. The summed E-state index contributed by atoms with van der Waals surface area (Å²) in [4.78, 5) is 0. The van der Waals surface area contributed by atoms with Crippen LogP contribution < -0.4 is 10.5 Å². The topological polar surface area (TPSA) is 35.2 Å². The molecule has 0 saturated carbocycles.